The van der Waals surface area contributed by atoms with Crippen LogP contribution in [0.5, 0.6) is 0 Å². The van der Waals surface area contributed by atoms with Gasteiger partial charge < -0.3 is 5.32 Å². The van der Waals surface area contributed by atoms with Crippen LogP contribution in [0.4, 0.5) is 5.82 Å². The number of pyridine rings is 2. The average Bonchev–Trinajstić information content (AvgIpc) is 2.31. The summed E-state index contributed by atoms with van der Waals surface area (Å²) in [6, 6.07) is 6.69. The molecule has 0 atom stereocenters. The molecule has 0 aliphatic carbocycles. The fourth-order valence-corrected chi connectivity index (χ4v) is 1.88. The van der Waals surface area contributed by atoms with Crippen LogP contribution < -0.4 is 5.32 Å². The molecular weight excluding hydrogens is 318 g/mol. The van der Waals surface area contributed by atoms with Gasteiger partial charge in [0.25, 0.3) is 5.91 Å². The predicted molar refractivity (Wildman–Crippen MR) is 73.9 cm³/mol. The SMILES string of the molecule is Cc1cc(C(=O)Nc2ccc(Br)cn2)cc(Cl)n1. The van der Waals surface area contributed by atoms with E-state index in [1.54, 1.807) is 31.3 Å². The minimum absolute atomic E-state index is 0.266. The summed E-state index contributed by atoms with van der Waals surface area (Å²) in [5.74, 6) is 0.214. The van der Waals surface area contributed by atoms with Gasteiger partial charge in [0, 0.05) is 21.9 Å². The van der Waals surface area contributed by atoms with Crippen LogP contribution in [0.25, 0.3) is 0 Å². The Morgan fingerprint density at radius 1 is 1.39 bits per heavy atom. The number of rotatable bonds is 2. The lowest BCUT2D eigenvalue weighted by atomic mass is 10.2. The number of hydrogen-bond acceptors (Lipinski definition) is 3. The Morgan fingerprint density at radius 2 is 2.17 bits per heavy atom. The summed E-state index contributed by atoms with van der Waals surface area (Å²) in [6.45, 7) is 1.78. The van der Waals surface area contributed by atoms with Gasteiger partial charge in [0.05, 0.1) is 0 Å². The first kappa shape index (κ1) is 13.0. The number of carbonyl (C=O) groups is 1. The van der Waals surface area contributed by atoms with Crippen molar-refractivity contribution in [2.45, 2.75) is 6.92 Å². The zero-order valence-corrected chi connectivity index (χ0v) is 11.8. The highest BCUT2D eigenvalue weighted by Crippen LogP contribution is 2.14. The summed E-state index contributed by atoms with van der Waals surface area (Å²) >= 11 is 9.08. The molecule has 2 heterocycles. The predicted octanol–water partition coefficient (Wildman–Crippen LogP) is 3.45. The van der Waals surface area contributed by atoms with E-state index in [0.717, 1.165) is 4.47 Å². The topological polar surface area (TPSA) is 54.9 Å². The number of carbonyl (C=O) groups excluding carboxylic acids is 1. The Kier molecular flexibility index (Phi) is 3.93. The van der Waals surface area contributed by atoms with Crippen LogP contribution in [0.1, 0.15) is 16.1 Å². The Balaban J connectivity index is 2.19. The van der Waals surface area contributed by atoms with Gasteiger partial charge in [-0.1, -0.05) is 11.6 Å². The molecular formula is C12H9BrClN3O. The molecule has 0 unspecified atom stereocenters. The molecule has 0 aliphatic heterocycles. The maximum atomic E-state index is 12.0. The third-order valence-corrected chi connectivity index (χ3v) is 2.82. The molecule has 4 nitrogen and oxygen atoms in total. The van der Waals surface area contributed by atoms with Crippen molar-refractivity contribution in [3.05, 3.63) is 51.3 Å². The fourth-order valence-electron chi connectivity index (χ4n) is 1.40. The lowest BCUT2D eigenvalue weighted by Gasteiger charge is -2.05. The average molecular weight is 327 g/mol. The number of aryl methyl sites for hydroxylation is 1. The highest BCUT2D eigenvalue weighted by Gasteiger charge is 2.08. The molecule has 2 aromatic rings. The molecule has 2 rings (SSSR count). The van der Waals surface area contributed by atoms with E-state index < -0.39 is 0 Å². The Morgan fingerprint density at radius 3 is 2.78 bits per heavy atom. The lowest BCUT2D eigenvalue weighted by molar-refractivity contribution is 0.102. The summed E-state index contributed by atoms with van der Waals surface area (Å²) in [5.41, 5.74) is 1.15. The Bertz CT molecular complexity index is 566. The van der Waals surface area contributed by atoms with Gasteiger partial charge >= 0.3 is 0 Å². The number of anilines is 1. The van der Waals surface area contributed by atoms with Gasteiger partial charge in [-0.3, -0.25) is 4.79 Å². The fraction of sp³-hybridized carbons (Fsp3) is 0.0833. The molecule has 0 aromatic carbocycles. The van der Waals surface area contributed by atoms with E-state index in [1.165, 1.54) is 6.07 Å². The molecule has 0 spiro atoms. The van der Waals surface area contributed by atoms with Gasteiger partial charge in [-0.25, -0.2) is 9.97 Å². The maximum absolute atomic E-state index is 12.0. The molecule has 92 valence electrons. The third-order valence-electron chi connectivity index (χ3n) is 2.15. The van der Waals surface area contributed by atoms with Crippen LogP contribution >= 0.6 is 27.5 Å². The minimum atomic E-state index is -0.266. The van der Waals surface area contributed by atoms with E-state index >= 15 is 0 Å². The summed E-state index contributed by atoms with van der Waals surface area (Å²) < 4.78 is 0.850. The van der Waals surface area contributed by atoms with E-state index in [1.807, 2.05) is 0 Å². The van der Waals surface area contributed by atoms with Crippen LogP contribution in [0, 0.1) is 6.92 Å². The van der Waals surface area contributed by atoms with Gasteiger partial charge in [-0.15, -0.1) is 0 Å². The normalized spacial score (nSPS) is 10.2. The monoisotopic (exact) mass is 325 g/mol. The minimum Gasteiger partial charge on any atom is -0.307 e. The summed E-state index contributed by atoms with van der Waals surface area (Å²) in [4.78, 5) is 20.0. The van der Waals surface area contributed by atoms with Gasteiger partial charge in [0.1, 0.15) is 11.0 Å². The quantitative estimate of drug-likeness (QED) is 0.860. The Hall–Kier alpha value is -1.46. The first-order valence-electron chi connectivity index (χ1n) is 5.12. The molecule has 0 saturated carbocycles. The van der Waals surface area contributed by atoms with Gasteiger partial charge in [-0.05, 0) is 47.1 Å². The number of nitrogens with one attached hydrogen (secondary N) is 1. The number of hydrogen-bond donors (Lipinski definition) is 1. The lowest BCUT2D eigenvalue weighted by Crippen LogP contribution is -2.13. The van der Waals surface area contributed by atoms with Crippen molar-refractivity contribution in [2.75, 3.05) is 5.32 Å². The molecule has 0 saturated heterocycles. The van der Waals surface area contributed by atoms with E-state index in [9.17, 15) is 4.79 Å². The molecule has 1 amide bonds. The smallest absolute Gasteiger partial charge is 0.256 e. The highest BCUT2D eigenvalue weighted by molar-refractivity contribution is 9.10. The molecule has 6 heteroatoms. The van der Waals surface area contributed by atoms with E-state index in [4.69, 9.17) is 11.6 Å². The maximum Gasteiger partial charge on any atom is 0.256 e. The van der Waals surface area contributed by atoms with E-state index in [0.29, 0.717) is 22.2 Å². The molecule has 0 fully saturated rings. The van der Waals surface area contributed by atoms with Crippen LogP contribution in [-0.2, 0) is 0 Å². The van der Waals surface area contributed by atoms with E-state index in [-0.39, 0.29) is 5.91 Å². The molecule has 0 radical (unpaired) electrons. The zero-order valence-electron chi connectivity index (χ0n) is 9.45. The first-order chi connectivity index (χ1) is 8.54. The molecule has 1 N–H and O–H groups in total. The second-order valence-corrected chi connectivity index (χ2v) is 4.94. The standard InChI is InChI=1S/C12H9BrClN3O/c1-7-4-8(5-10(14)16-7)12(18)17-11-3-2-9(13)6-15-11/h2-6H,1H3,(H,15,17,18). The zero-order chi connectivity index (χ0) is 13.1. The van der Waals surface area contributed by atoms with Crippen molar-refractivity contribution in [2.24, 2.45) is 0 Å². The van der Waals surface area contributed by atoms with E-state index in [2.05, 4.69) is 31.2 Å². The molecule has 0 bridgehead atoms. The molecule has 2 aromatic heterocycles. The summed E-state index contributed by atoms with van der Waals surface area (Å²) in [5, 5.41) is 2.98. The van der Waals surface area contributed by atoms with Crippen molar-refractivity contribution >= 4 is 39.3 Å². The number of nitrogens with zero attached hydrogens (tertiary/aromatic N) is 2. The van der Waals surface area contributed by atoms with Crippen molar-refractivity contribution in [3.8, 4) is 0 Å². The largest absolute Gasteiger partial charge is 0.307 e. The van der Waals surface area contributed by atoms with Gasteiger partial charge in [0.2, 0.25) is 0 Å². The first-order valence-corrected chi connectivity index (χ1v) is 6.29. The van der Waals surface area contributed by atoms with Crippen LogP contribution in [0.3, 0.4) is 0 Å². The summed E-state index contributed by atoms with van der Waals surface area (Å²) in [7, 11) is 0. The van der Waals surface area contributed by atoms with Crippen LogP contribution in [0.2, 0.25) is 5.15 Å². The van der Waals surface area contributed by atoms with Gasteiger partial charge in [0.15, 0.2) is 0 Å². The third kappa shape index (κ3) is 3.27. The number of amides is 1. The molecule has 0 aliphatic rings. The number of aromatic nitrogens is 2. The van der Waals surface area contributed by atoms with Crippen molar-refractivity contribution in [3.63, 3.8) is 0 Å². The van der Waals surface area contributed by atoms with Crippen molar-refractivity contribution in [1.82, 2.24) is 9.97 Å². The second-order valence-electron chi connectivity index (χ2n) is 3.64. The van der Waals surface area contributed by atoms with Crippen LogP contribution in [0.15, 0.2) is 34.9 Å². The second kappa shape index (κ2) is 5.46. The Labute approximate surface area is 118 Å². The van der Waals surface area contributed by atoms with Crippen LogP contribution in [-0.4, -0.2) is 15.9 Å². The number of halogens is 2. The van der Waals surface area contributed by atoms with Crippen molar-refractivity contribution < 1.29 is 4.79 Å². The molecule has 18 heavy (non-hydrogen) atoms. The van der Waals surface area contributed by atoms with Crippen molar-refractivity contribution in [1.29, 1.82) is 0 Å². The summed E-state index contributed by atoms with van der Waals surface area (Å²) in [6.07, 6.45) is 1.61. The van der Waals surface area contributed by atoms with Gasteiger partial charge in [-0.2, -0.15) is 0 Å². The highest BCUT2D eigenvalue weighted by atomic mass is 79.9.